The molecule has 2 heterocycles. The summed E-state index contributed by atoms with van der Waals surface area (Å²) < 4.78 is 0. The van der Waals surface area contributed by atoms with Crippen molar-refractivity contribution >= 4 is 5.97 Å². The van der Waals surface area contributed by atoms with E-state index in [1.165, 1.54) is 0 Å². The van der Waals surface area contributed by atoms with Crippen LogP contribution in [0.2, 0.25) is 0 Å². The van der Waals surface area contributed by atoms with Gasteiger partial charge in [-0.3, -0.25) is 14.7 Å². The van der Waals surface area contributed by atoms with Gasteiger partial charge >= 0.3 is 5.97 Å². The molecule has 2 atom stereocenters. The van der Waals surface area contributed by atoms with E-state index in [4.69, 9.17) is 0 Å². The number of pyridine rings is 1. The molecule has 1 aliphatic heterocycles. The van der Waals surface area contributed by atoms with Gasteiger partial charge in [0.05, 0.1) is 11.7 Å². The van der Waals surface area contributed by atoms with Crippen LogP contribution in [0.5, 0.6) is 0 Å². The lowest BCUT2D eigenvalue weighted by Crippen LogP contribution is -2.55. The van der Waals surface area contributed by atoms with Crippen molar-refractivity contribution in [3.05, 3.63) is 30.1 Å². The van der Waals surface area contributed by atoms with Crippen molar-refractivity contribution in [2.75, 3.05) is 19.6 Å². The topological polar surface area (TPSA) is 65.5 Å². The highest BCUT2D eigenvalue weighted by atomic mass is 16.4. The number of rotatable bonds is 3. The van der Waals surface area contributed by atoms with Crippen molar-refractivity contribution in [3.8, 4) is 0 Å². The maximum atomic E-state index is 11.2. The average molecular weight is 235 g/mol. The number of nitrogens with zero attached hydrogens (tertiary/aromatic N) is 2. The second-order valence-corrected chi connectivity index (χ2v) is 4.23. The largest absolute Gasteiger partial charge is 0.480 e. The van der Waals surface area contributed by atoms with E-state index in [1.54, 1.807) is 6.20 Å². The minimum absolute atomic E-state index is 0.0272. The van der Waals surface area contributed by atoms with Crippen molar-refractivity contribution in [1.29, 1.82) is 0 Å². The van der Waals surface area contributed by atoms with E-state index >= 15 is 0 Å². The summed E-state index contributed by atoms with van der Waals surface area (Å²) in [6.45, 7) is 4.05. The molecular formula is C12H17N3O2. The molecule has 1 fully saturated rings. The predicted molar refractivity (Wildman–Crippen MR) is 63.7 cm³/mol. The Morgan fingerprint density at radius 2 is 2.47 bits per heavy atom. The number of hydrogen-bond donors (Lipinski definition) is 2. The molecule has 17 heavy (non-hydrogen) atoms. The van der Waals surface area contributed by atoms with Crippen molar-refractivity contribution < 1.29 is 9.90 Å². The highest BCUT2D eigenvalue weighted by molar-refractivity contribution is 5.74. The lowest BCUT2D eigenvalue weighted by Gasteiger charge is -2.37. The summed E-state index contributed by atoms with van der Waals surface area (Å²) in [4.78, 5) is 17.5. The summed E-state index contributed by atoms with van der Waals surface area (Å²) in [7, 11) is 0. The highest BCUT2D eigenvalue weighted by Crippen LogP contribution is 2.21. The molecule has 0 aromatic carbocycles. The minimum atomic E-state index is -0.778. The summed E-state index contributed by atoms with van der Waals surface area (Å²) >= 11 is 0. The molecule has 0 bridgehead atoms. The summed E-state index contributed by atoms with van der Waals surface area (Å²) in [6.07, 6.45) is 1.74. The fraction of sp³-hybridized carbons (Fsp3) is 0.500. The zero-order chi connectivity index (χ0) is 12.3. The number of piperazine rings is 1. The lowest BCUT2D eigenvalue weighted by atomic mass is 10.1. The third-order valence-corrected chi connectivity index (χ3v) is 3.18. The maximum Gasteiger partial charge on any atom is 0.322 e. The van der Waals surface area contributed by atoms with E-state index in [1.807, 2.05) is 30.0 Å². The minimum Gasteiger partial charge on any atom is -0.480 e. The maximum absolute atomic E-state index is 11.2. The van der Waals surface area contributed by atoms with E-state index in [0.717, 1.165) is 18.8 Å². The first kappa shape index (κ1) is 12.0. The molecule has 2 unspecified atom stereocenters. The zero-order valence-electron chi connectivity index (χ0n) is 9.84. The SMILES string of the molecule is CC(c1ccccn1)N1CCNCC1C(=O)O. The summed E-state index contributed by atoms with van der Waals surface area (Å²) in [6, 6.07) is 5.28. The number of carbonyl (C=O) groups is 1. The van der Waals surface area contributed by atoms with E-state index in [2.05, 4.69) is 10.3 Å². The molecule has 0 saturated carbocycles. The van der Waals surface area contributed by atoms with Crippen LogP contribution in [0.4, 0.5) is 0 Å². The predicted octanol–water partition coefficient (Wildman–Crippen LogP) is 0.501. The molecule has 0 radical (unpaired) electrons. The van der Waals surface area contributed by atoms with Gasteiger partial charge in [0.1, 0.15) is 6.04 Å². The van der Waals surface area contributed by atoms with Crippen LogP contribution in [0.15, 0.2) is 24.4 Å². The van der Waals surface area contributed by atoms with Crippen LogP contribution in [0.1, 0.15) is 18.7 Å². The number of carboxylic acid groups (broad SMARTS) is 1. The second-order valence-electron chi connectivity index (χ2n) is 4.23. The number of aromatic nitrogens is 1. The quantitative estimate of drug-likeness (QED) is 0.798. The first-order valence-electron chi connectivity index (χ1n) is 5.80. The molecule has 5 nitrogen and oxygen atoms in total. The van der Waals surface area contributed by atoms with E-state index in [-0.39, 0.29) is 6.04 Å². The van der Waals surface area contributed by atoms with Crippen molar-refractivity contribution in [2.24, 2.45) is 0 Å². The van der Waals surface area contributed by atoms with Crippen LogP contribution in [0.3, 0.4) is 0 Å². The molecule has 1 aromatic rings. The fourth-order valence-corrected chi connectivity index (χ4v) is 2.21. The van der Waals surface area contributed by atoms with Gasteiger partial charge in [-0.05, 0) is 19.1 Å². The third kappa shape index (κ3) is 2.62. The number of hydrogen-bond acceptors (Lipinski definition) is 4. The molecule has 5 heteroatoms. The van der Waals surface area contributed by atoms with Gasteiger partial charge in [0, 0.05) is 25.8 Å². The van der Waals surface area contributed by atoms with Crippen LogP contribution in [-0.4, -0.2) is 46.6 Å². The number of carboxylic acids is 1. The Kier molecular flexibility index (Phi) is 3.71. The standard InChI is InChI=1S/C12H17N3O2/c1-9(10-4-2-3-5-14-10)15-7-6-13-8-11(15)12(16)17/h2-5,9,11,13H,6-8H2,1H3,(H,16,17). The molecule has 1 aliphatic rings. The highest BCUT2D eigenvalue weighted by Gasteiger charge is 2.32. The van der Waals surface area contributed by atoms with Crippen LogP contribution < -0.4 is 5.32 Å². The lowest BCUT2D eigenvalue weighted by molar-refractivity contribution is -0.145. The molecule has 0 aliphatic carbocycles. The van der Waals surface area contributed by atoms with Crippen LogP contribution in [-0.2, 0) is 4.79 Å². The summed E-state index contributed by atoms with van der Waals surface area (Å²) in [5.41, 5.74) is 0.917. The van der Waals surface area contributed by atoms with E-state index in [9.17, 15) is 9.90 Å². The Morgan fingerprint density at radius 3 is 3.12 bits per heavy atom. The molecule has 0 spiro atoms. The number of nitrogens with one attached hydrogen (secondary N) is 1. The Balaban J connectivity index is 2.16. The molecule has 92 valence electrons. The van der Waals surface area contributed by atoms with Gasteiger partial charge in [-0.15, -0.1) is 0 Å². The Bertz CT molecular complexity index is 383. The van der Waals surface area contributed by atoms with Crippen LogP contribution in [0, 0.1) is 0 Å². The smallest absolute Gasteiger partial charge is 0.322 e. The molecule has 2 rings (SSSR count). The van der Waals surface area contributed by atoms with Gasteiger partial charge in [-0.25, -0.2) is 0 Å². The Hall–Kier alpha value is -1.46. The van der Waals surface area contributed by atoms with Crippen molar-refractivity contribution in [1.82, 2.24) is 15.2 Å². The zero-order valence-corrected chi connectivity index (χ0v) is 9.84. The van der Waals surface area contributed by atoms with Gasteiger partial charge in [0.25, 0.3) is 0 Å². The van der Waals surface area contributed by atoms with Gasteiger partial charge in [0.2, 0.25) is 0 Å². The van der Waals surface area contributed by atoms with Crippen LogP contribution in [0.25, 0.3) is 0 Å². The van der Waals surface area contributed by atoms with Gasteiger partial charge in [0.15, 0.2) is 0 Å². The van der Waals surface area contributed by atoms with Crippen molar-refractivity contribution in [2.45, 2.75) is 19.0 Å². The average Bonchev–Trinajstić information content (AvgIpc) is 2.39. The monoisotopic (exact) mass is 235 g/mol. The first-order chi connectivity index (χ1) is 8.20. The molecular weight excluding hydrogens is 218 g/mol. The van der Waals surface area contributed by atoms with Crippen LogP contribution >= 0.6 is 0 Å². The fourth-order valence-electron chi connectivity index (χ4n) is 2.21. The Labute approximate surface area is 100 Å². The van der Waals surface area contributed by atoms with Crippen molar-refractivity contribution in [3.63, 3.8) is 0 Å². The molecule has 1 saturated heterocycles. The normalized spacial score (nSPS) is 23.2. The molecule has 1 aromatic heterocycles. The summed E-state index contributed by atoms with van der Waals surface area (Å²) in [5.74, 6) is -0.778. The van der Waals surface area contributed by atoms with Gasteiger partial charge < -0.3 is 10.4 Å². The van der Waals surface area contributed by atoms with E-state index < -0.39 is 12.0 Å². The molecule has 2 N–H and O–H groups in total. The first-order valence-corrected chi connectivity index (χ1v) is 5.80. The second kappa shape index (κ2) is 5.25. The van der Waals surface area contributed by atoms with Gasteiger partial charge in [-0.2, -0.15) is 0 Å². The third-order valence-electron chi connectivity index (χ3n) is 3.18. The van der Waals surface area contributed by atoms with Gasteiger partial charge in [-0.1, -0.05) is 6.07 Å². The molecule has 0 amide bonds. The Morgan fingerprint density at radius 1 is 1.65 bits per heavy atom. The van der Waals surface area contributed by atoms with E-state index in [0.29, 0.717) is 6.54 Å². The number of aliphatic carboxylic acids is 1. The summed E-state index contributed by atoms with van der Waals surface area (Å²) in [5, 5.41) is 12.3.